The molecule has 0 unspecified atom stereocenters. The van der Waals surface area contributed by atoms with Gasteiger partial charge < -0.3 is 13.9 Å². The van der Waals surface area contributed by atoms with Crippen LogP contribution in [0.1, 0.15) is 27.7 Å². The number of ether oxygens (including phenoxy) is 2. The first-order chi connectivity index (χ1) is 12.2. The second-order valence-corrected chi connectivity index (χ2v) is 18.9. The smallest absolute Gasteiger partial charge is 0.303 e. The van der Waals surface area contributed by atoms with Crippen LogP contribution in [0.4, 0.5) is 0 Å². The summed E-state index contributed by atoms with van der Waals surface area (Å²) in [6.45, 7) is 19.3. The quantitative estimate of drug-likeness (QED) is 0.306. The van der Waals surface area contributed by atoms with Crippen LogP contribution in [0.5, 0.6) is 0 Å². The van der Waals surface area contributed by atoms with Gasteiger partial charge in [-0.25, -0.2) is 0 Å². The van der Waals surface area contributed by atoms with E-state index in [1.165, 1.54) is 6.92 Å². The molecule has 0 saturated carbocycles. The van der Waals surface area contributed by atoms with Crippen LogP contribution < -0.4 is 0 Å². The van der Waals surface area contributed by atoms with Crippen LogP contribution in [0.3, 0.4) is 0 Å². The molecule has 0 aromatic rings. The third-order valence-electron chi connectivity index (χ3n) is 4.51. The fraction of sp³-hybridized carbons (Fsp3) is 0.667. The standard InChI is InChI=1S/C21H34O4Si2/c1-17(22)24-20-13-12-18(14-16-26(5,6)7)25-19(20)11-10-15-23-27(8,9)21(2,3)4/h12-13,18-20H,15H2,1-9H3/t18-,19+,20-/m0/s1. The molecule has 0 aromatic carbocycles. The molecule has 0 amide bonds. The second kappa shape index (κ2) is 9.25. The van der Waals surface area contributed by atoms with Crippen LogP contribution in [0.25, 0.3) is 0 Å². The van der Waals surface area contributed by atoms with Gasteiger partial charge in [0.2, 0.25) is 0 Å². The third kappa shape index (κ3) is 8.49. The van der Waals surface area contributed by atoms with Gasteiger partial charge in [0.15, 0.2) is 20.5 Å². The highest BCUT2D eigenvalue weighted by Crippen LogP contribution is 2.36. The van der Waals surface area contributed by atoms with E-state index in [0.717, 1.165) is 0 Å². The minimum absolute atomic E-state index is 0.135. The molecule has 0 spiro atoms. The lowest BCUT2D eigenvalue weighted by atomic mass is 10.1. The molecule has 1 heterocycles. The Hall–Kier alpha value is -1.32. The molecule has 0 radical (unpaired) electrons. The average molecular weight is 407 g/mol. The van der Waals surface area contributed by atoms with E-state index in [0.29, 0.717) is 6.61 Å². The molecule has 150 valence electrons. The second-order valence-electron chi connectivity index (χ2n) is 9.33. The lowest BCUT2D eigenvalue weighted by molar-refractivity contribution is -0.150. The molecule has 0 N–H and O–H groups in total. The number of carbonyl (C=O) groups is 1. The molecule has 0 saturated heterocycles. The van der Waals surface area contributed by atoms with Gasteiger partial charge in [-0.15, -0.1) is 5.54 Å². The molecule has 0 bridgehead atoms. The van der Waals surface area contributed by atoms with Gasteiger partial charge in [-0.3, -0.25) is 4.79 Å². The summed E-state index contributed by atoms with van der Waals surface area (Å²) in [5.41, 5.74) is 3.31. The lowest BCUT2D eigenvalue weighted by Crippen LogP contribution is -2.41. The highest BCUT2D eigenvalue weighted by atomic mass is 28.4. The molecule has 0 fully saturated rings. The van der Waals surface area contributed by atoms with Crippen LogP contribution in [-0.4, -0.2) is 47.3 Å². The van der Waals surface area contributed by atoms with E-state index < -0.39 is 28.6 Å². The Bertz CT molecular complexity index is 675. The molecule has 1 rings (SSSR count). The molecule has 4 nitrogen and oxygen atoms in total. The monoisotopic (exact) mass is 406 g/mol. The highest BCUT2D eigenvalue weighted by molar-refractivity contribution is 6.83. The Labute approximate surface area is 167 Å². The summed E-state index contributed by atoms with van der Waals surface area (Å²) in [7, 11) is -3.33. The van der Waals surface area contributed by atoms with Gasteiger partial charge in [0.1, 0.15) is 14.2 Å². The summed E-state index contributed by atoms with van der Waals surface area (Å²) >= 11 is 0. The Morgan fingerprint density at radius 2 is 1.74 bits per heavy atom. The molecule has 0 aliphatic carbocycles. The predicted molar refractivity (Wildman–Crippen MR) is 115 cm³/mol. The molecule has 0 aromatic heterocycles. The zero-order valence-corrected chi connectivity index (χ0v) is 20.2. The zero-order chi connectivity index (χ0) is 20.9. The van der Waals surface area contributed by atoms with E-state index in [1.54, 1.807) is 0 Å². The largest absolute Gasteiger partial charge is 0.454 e. The summed E-state index contributed by atoms with van der Waals surface area (Å²) in [5, 5.41) is 0.135. The van der Waals surface area contributed by atoms with Crippen molar-refractivity contribution in [1.82, 2.24) is 0 Å². The fourth-order valence-electron chi connectivity index (χ4n) is 1.95. The maximum absolute atomic E-state index is 11.4. The van der Waals surface area contributed by atoms with Crippen molar-refractivity contribution in [1.29, 1.82) is 0 Å². The summed E-state index contributed by atoms with van der Waals surface area (Å²) in [4.78, 5) is 11.4. The summed E-state index contributed by atoms with van der Waals surface area (Å²) in [6, 6.07) is 0. The molecule has 3 atom stereocenters. The normalized spacial score (nSPS) is 22.9. The number of hydrogen-bond donors (Lipinski definition) is 0. The maximum atomic E-state index is 11.4. The highest BCUT2D eigenvalue weighted by Gasteiger charge is 2.36. The van der Waals surface area contributed by atoms with Gasteiger partial charge in [-0.1, -0.05) is 58.2 Å². The topological polar surface area (TPSA) is 44.8 Å². The SMILES string of the molecule is CC(=O)O[C@H]1C=C[C@@H](C#C[Si](C)(C)C)O[C@@H]1C#CCO[Si](C)(C)C(C)(C)C. The summed E-state index contributed by atoms with van der Waals surface area (Å²) in [5.74, 6) is 8.93. The van der Waals surface area contributed by atoms with Crippen LogP contribution >= 0.6 is 0 Å². The first kappa shape index (κ1) is 23.7. The molecular formula is C21H34O4Si2. The summed E-state index contributed by atoms with van der Waals surface area (Å²) in [6.07, 6.45) is 2.27. The van der Waals surface area contributed by atoms with E-state index in [9.17, 15) is 4.79 Å². The van der Waals surface area contributed by atoms with Gasteiger partial charge in [-0.05, 0) is 30.3 Å². The van der Waals surface area contributed by atoms with E-state index in [2.05, 4.69) is 76.8 Å². The Balaban J connectivity index is 2.86. The fourth-order valence-corrected chi connectivity index (χ4v) is 3.39. The van der Waals surface area contributed by atoms with Crippen LogP contribution in [0, 0.1) is 23.3 Å². The first-order valence-corrected chi connectivity index (χ1v) is 15.8. The lowest BCUT2D eigenvalue weighted by Gasteiger charge is -2.35. The molecular weight excluding hydrogens is 372 g/mol. The minimum atomic E-state index is -1.84. The molecule has 1 aliphatic heterocycles. The number of esters is 1. The molecule has 1 aliphatic rings. The van der Waals surface area contributed by atoms with Crippen molar-refractivity contribution in [3.05, 3.63) is 12.2 Å². The van der Waals surface area contributed by atoms with Crippen molar-refractivity contribution < 1.29 is 18.7 Å². The van der Waals surface area contributed by atoms with E-state index in [4.69, 9.17) is 13.9 Å². The van der Waals surface area contributed by atoms with Gasteiger partial charge in [0, 0.05) is 6.92 Å². The van der Waals surface area contributed by atoms with Gasteiger partial charge in [-0.2, -0.15) is 0 Å². The van der Waals surface area contributed by atoms with E-state index >= 15 is 0 Å². The maximum Gasteiger partial charge on any atom is 0.303 e. The van der Waals surface area contributed by atoms with E-state index in [-0.39, 0.29) is 17.1 Å². The van der Waals surface area contributed by atoms with Crippen molar-refractivity contribution in [3.63, 3.8) is 0 Å². The van der Waals surface area contributed by atoms with Crippen molar-refractivity contribution in [3.8, 4) is 23.3 Å². The van der Waals surface area contributed by atoms with Crippen LogP contribution in [0.2, 0.25) is 37.8 Å². The van der Waals surface area contributed by atoms with Gasteiger partial charge in [0.05, 0.1) is 6.61 Å². The number of carbonyl (C=O) groups excluding carboxylic acids is 1. The van der Waals surface area contributed by atoms with Crippen LogP contribution in [0.15, 0.2) is 12.2 Å². The van der Waals surface area contributed by atoms with Gasteiger partial charge in [0.25, 0.3) is 0 Å². The Morgan fingerprint density at radius 3 is 2.26 bits per heavy atom. The molecule has 6 heteroatoms. The summed E-state index contributed by atoms with van der Waals surface area (Å²) < 4.78 is 17.4. The minimum Gasteiger partial charge on any atom is -0.454 e. The van der Waals surface area contributed by atoms with Crippen molar-refractivity contribution >= 4 is 22.4 Å². The van der Waals surface area contributed by atoms with E-state index in [1.807, 2.05) is 12.2 Å². The van der Waals surface area contributed by atoms with Crippen LogP contribution in [-0.2, 0) is 18.7 Å². The Morgan fingerprint density at radius 1 is 1.11 bits per heavy atom. The third-order valence-corrected chi connectivity index (χ3v) is 9.89. The predicted octanol–water partition coefficient (Wildman–Crippen LogP) is 4.15. The first-order valence-electron chi connectivity index (χ1n) is 9.37. The number of rotatable bonds is 3. The zero-order valence-electron chi connectivity index (χ0n) is 18.2. The average Bonchev–Trinajstić information content (AvgIpc) is 2.49. The van der Waals surface area contributed by atoms with Crippen molar-refractivity contribution in [2.75, 3.05) is 6.61 Å². The van der Waals surface area contributed by atoms with Crippen molar-refractivity contribution in [2.45, 2.75) is 83.8 Å². The van der Waals surface area contributed by atoms with Crippen molar-refractivity contribution in [2.24, 2.45) is 0 Å². The number of hydrogen-bond acceptors (Lipinski definition) is 4. The Kier molecular flexibility index (Phi) is 8.13. The molecule has 27 heavy (non-hydrogen) atoms. The van der Waals surface area contributed by atoms with Gasteiger partial charge >= 0.3 is 5.97 Å².